The van der Waals surface area contributed by atoms with E-state index in [1.807, 2.05) is 0 Å². The first kappa shape index (κ1) is 10.5. The van der Waals surface area contributed by atoms with Crippen molar-refractivity contribution < 1.29 is 4.74 Å². The number of hydrogen-bond donors (Lipinski definition) is 1. The van der Waals surface area contributed by atoms with Crippen molar-refractivity contribution in [1.29, 1.82) is 0 Å². The fourth-order valence-corrected chi connectivity index (χ4v) is 1.04. The molecule has 0 bridgehead atoms. The Morgan fingerprint density at radius 1 is 1.46 bits per heavy atom. The lowest BCUT2D eigenvalue weighted by molar-refractivity contribution is 0.136. The molecule has 1 aliphatic rings. The van der Waals surface area contributed by atoms with Crippen LogP contribution in [0.25, 0.3) is 0 Å². The summed E-state index contributed by atoms with van der Waals surface area (Å²) in [7, 11) is 0. The zero-order valence-electron chi connectivity index (χ0n) is 6.74. The van der Waals surface area contributed by atoms with Crippen LogP contribution in [0.3, 0.4) is 0 Å². The van der Waals surface area contributed by atoms with Crippen LogP contribution in [0, 0.1) is 0 Å². The Morgan fingerprint density at radius 2 is 2.23 bits per heavy atom. The van der Waals surface area contributed by atoms with E-state index in [2.05, 4.69) is 15.3 Å². The van der Waals surface area contributed by atoms with E-state index in [0.29, 0.717) is 11.0 Å². The topological polar surface area (TPSA) is 47.0 Å². The Kier molecular flexibility index (Phi) is 3.71. The van der Waals surface area contributed by atoms with E-state index >= 15 is 0 Å². The molecule has 0 radical (unpaired) electrons. The number of nitrogens with one attached hydrogen (secondary N) is 1. The summed E-state index contributed by atoms with van der Waals surface area (Å²) >= 11 is 5.64. The summed E-state index contributed by atoms with van der Waals surface area (Å²) in [6.45, 7) is 1.75. The third-order valence-electron chi connectivity index (χ3n) is 1.64. The molecule has 1 N–H and O–H groups in total. The standard InChI is InChI=1S/C7H8ClN3O.ClH/c8-6-1-7(11-4-10-6)12-5-2-9-3-5;/h1,4-5,9H,2-3H2;1H. The Morgan fingerprint density at radius 3 is 2.77 bits per heavy atom. The quantitative estimate of drug-likeness (QED) is 0.755. The molecule has 0 aromatic carbocycles. The molecule has 13 heavy (non-hydrogen) atoms. The van der Waals surface area contributed by atoms with Crippen molar-refractivity contribution in [2.45, 2.75) is 6.10 Å². The zero-order chi connectivity index (χ0) is 8.39. The molecule has 72 valence electrons. The Balaban J connectivity index is 0.000000845. The van der Waals surface area contributed by atoms with Gasteiger partial charge in [-0.3, -0.25) is 0 Å². The molecular formula is C7H9Cl2N3O. The molecule has 1 aromatic heterocycles. The van der Waals surface area contributed by atoms with Gasteiger partial charge < -0.3 is 10.1 Å². The van der Waals surface area contributed by atoms with E-state index in [0.717, 1.165) is 13.1 Å². The maximum atomic E-state index is 5.64. The average molecular weight is 222 g/mol. The lowest BCUT2D eigenvalue weighted by atomic mass is 10.2. The number of rotatable bonds is 2. The molecule has 1 aromatic rings. The van der Waals surface area contributed by atoms with E-state index in [1.54, 1.807) is 6.07 Å². The van der Waals surface area contributed by atoms with Crippen molar-refractivity contribution in [3.63, 3.8) is 0 Å². The lowest BCUT2D eigenvalue weighted by Crippen LogP contribution is -2.50. The van der Waals surface area contributed by atoms with Crippen LogP contribution in [0.1, 0.15) is 0 Å². The second kappa shape index (κ2) is 4.60. The van der Waals surface area contributed by atoms with Gasteiger partial charge in [0.2, 0.25) is 5.88 Å². The van der Waals surface area contributed by atoms with Crippen molar-refractivity contribution in [3.05, 3.63) is 17.5 Å². The summed E-state index contributed by atoms with van der Waals surface area (Å²) in [5, 5.41) is 3.50. The highest BCUT2D eigenvalue weighted by Crippen LogP contribution is 2.13. The highest BCUT2D eigenvalue weighted by Gasteiger charge is 2.18. The first-order valence-corrected chi connectivity index (χ1v) is 4.07. The molecule has 1 aliphatic heterocycles. The monoisotopic (exact) mass is 221 g/mol. The minimum atomic E-state index is 0. The van der Waals surface area contributed by atoms with Gasteiger partial charge in [0.1, 0.15) is 17.6 Å². The van der Waals surface area contributed by atoms with Gasteiger partial charge in [-0.15, -0.1) is 12.4 Å². The second-order valence-electron chi connectivity index (χ2n) is 2.58. The molecule has 0 aliphatic carbocycles. The first-order valence-electron chi connectivity index (χ1n) is 3.69. The van der Waals surface area contributed by atoms with Crippen LogP contribution in [0.2, 0.25) is 5.15 Å². The molecule has 4 nitrogen and oxygen atoms in total. The summed E-state index contributed by atoms with van der Waals surface area (Å²) in [6, 6.07) is 1.61. The zero-order valence-corrected chi connectivity index (χ0v) is 8.31. The molecule has 2 rings (SSSR count). The molecule has 0 unspecified atom stereocenters. The molecule has 1 fully saturated rings. The fraction of sp³-hybridized carbons (Fsp3) is 0.429. The Hall–Kier alpha value is -0.580. The van der Waals surface area contributed by atoms with Crippen LogP contribution < -0.4 is 10.1 Å². The van der Waals surface area contributed by atoms with E-state index in [4.69, 9.17) is 16.3 Å². The molecular weight excluding hydrogens is 213 g/mol. The maximum Gasteiger partial charge on any atom is 0.218 e. The molecule has 6 heteroatoms. The summed E-state index contributed by atoms with van der Waals surface area (Å²) in [4.78, 5) is 7.67. The van der Waals surface area contributed by atoms with Gasteiger partial charge in [-0.25, -0.2) is 9.97 Å². The highest BCUT2D eigenvalue weighted by atomic mass is 35.5. The SMILES string of the molecule is Cl.Clc1cc(OC2CNC2)ncn1. The first-order chi connectivity index (χ1) is 5.84. The van der Waals surface area contributed by atoms with E-state index in [1.165, 1.54) is 6.33 Å². The number of halogens is 2. The van der Waals surface area contributed by atoms with Crippen molar-refractivity contribution in [2.75, 3.05) is 13.1 Å². The Bertz CT molecular complexity index is 280. The van der Waals surface area contributed by atoms with Gasteiger partial charge in [0, 0.05) is 19.2 Å². The van der Waals surface area contributed by atoms with Gasteiger partial charge in [0.15, 0.2) is 0 Å². The third-order valence-corrected chi connectivity index (χ3v) is 1.85. The van der Waals surface area contributed by atoms with Crippen molar-refractivity contribution >= 4 is 24.0 Å². The summed E-state index contributed by atoms with van der Waals surface area (Å²) in [5.74, 6) is 0.543. The fourth-order valence-electron chi connectivity index (χ4n) is 0.898. The minimum absolute atomic E-state index is 0. The predicted molar refractivity (Wildman–Crippen MR) is 51.6 cm³/mol. The van der Waals surface area contributed by atoms with Gasteiger partial charge in [-0.2, -0.15) is 0 Å². The van der Waals surface area contributed by atoms with Crippen LogP contribution in [0.4, 0.5) is 0 Å². The van der Waals surface area contributed by atoms with E-state index in [9.17, 15) is 0 Å². The van der Waals surface area contributed by atoms with Crippen LogP contribution >= 0.6 is 24.0 Å². The van der Waals surface area contributed by atoms with Gasteiger partial charge in [0.25, 0.3) is 0 Å². The van der Waals surface area contributed by atoms with Crippen molar-refractivity contribution in [2.24, 2.45) is 0 Å². The van der Waals surface area contributed by atoms with Gasteiger partial charge in [-0.05, 0) is 0 Å². The number of aromatic nitrogens is 2. The van der Waals surface area contributed by atoms with Crippen molar-refractivity contribution in [1.82, 2.24) is 15.3 Å². The van der Waals surface area contributed by atoms with Gasteiger partial charge in [-0.1, -0.05) is 11.6 Å². The van der Waals surface area contributed by atoms with Gasteiger partial charge in [0.05, 0.1) is 0 Å². The molecule has 0 spiro atoms. The van der Waals surface area contributed by atoms with E-state index in [-0.39, 0.29) is 18.5 Å². The van der Waals surface area contributed by atoms with Crippen LogP contribution in [-0.2, 0) is 0 Å². The largest absolute Gasteiger partial charge is 0.472 e. The Labute approximate surface area is 87.1 Å². The van der Waals surface area contributed by atoms with E-state index < -0.39 is 0 Å². The van der Waals surface area contributed by atoms with Crippen LogP contribution in [0.5, 0.6) is 5.88 Å². The van der Waals surface area contributed by atoms with Gasteiger partial charge >= 0.3 is 0 Å². The van der Waals surface area contributed by atoms with Crippen molar-refractivity contribution in [3.8, 4) is 5.88 Å². The smallest absolute Gasteiger partial charge is 0.218 e. The number of ether oxygens (including phenoxy) is 1. The molecule has 0 atom stereocenters. The number of hydrogen-bond acceptors (Lipinski definition) is 4. The molecule has 1 saturated heterocycles. The molecule has 2 heterocycles. The summed E-state index contributed by atoms with van der Waals surface area (Å²) in [6.07, 6.45) is 1.62. The predicted octanol–water partition coefficient (Wildman–Crippen LogP) is 0.902. The molecule has 0 amide bonds. The van der Waals surface area contributed by atoms with Crippen LogP contribution in [0.15, 0.2) is 12.4 Å². The molecule has 0 saturated carbocycles. The third kappa shape index (κ3) is 2.69. The normalized spacial score (nSPS) is 15.8. The maximum absolute atomic E-state index is 5.64. The highest BCUT2D eigenvalue weighted by molar-refractivity contribution is 6.29. The summed E-state index contributed by atoms with van der Waals surface area (Å²) < 4.78 is 5.43. The number of nitrogens with zero attached hydrogens (tertiary/aromatic N) is 2. The van der Waals surface area contributed by atoms with Crippen LogP contribution in [-0.4, -0.2) is 29.2 Å². The second-order valence-corrected chi connectivity index (χ2v) is 2.96. The summed E-state index contributed by atoms with van der Waals surface area (Å²) in [5.41, 5.74) is 0. The average Bonchev–Trinajstić information content (AvgIpc) is 1.97. The minimum Gasteiger partial charge on any atom is -0.472 e. The lowest BCUT2D eigenvalue weighted by Gasteiger charge is -2.26.